The molecule has 0 aliphatic carbocycles. The van der Waals surface area contributed by atoms with Crippen molar-refractivity contribution in [2.75, 3.05) is 7.11 Å². The Morgan fingerprint density at radius 1 is 1.04 bits per heavy atom. The van der Waals surface area contributed by atoms with Crippen molar-refractivity contribution in [3.05, 3.63) is 29.1 Å². The molecule has 0 aliphatic rings. The van der Waals surface area contributed by atoms with Gasteiger partial charge in [-0.05, 0) is 23.0 Å². The van der Waals surface area contributed by atoms with Gasteiger partial charge in [-0.15, -0.1) is 0 Å². The number of benzene rings is 1. The van der Waals surface area contributed by atoms with Crippen LogP contribution in [0.2, 0.25) is 0 Å². The Morgan fingerprint density at radius 3 is 2.00 bits per heavy atom. The van der Waals surface area contributed by atoms with Gasteiger partial charge in [-0.1, -0.05) is 46.7 Å². The number of phenols is 1. The minimum Gasteiger partial charge on any atom is -0.507 e. The molecule has 0 aliphatic heterocycles. The van der Waals surface area contributed by atoms with E-state index in [1.165, 1.54) is 0 Å². The van der Waals surface area contributed by atoms with E-state index in [2.05, 4.69) is 51.7 Å². The number of methoxy groups -OCH3 is 1. The predicted octanol–water partition coefficient (Wildman–Crippen LogP) is 4.18. The Labute approximate surface area is 137 Å². The molecule has 2 aromatic rings. The maximum atomic E-state index is 10.7. The lowest BCUT2D eigenvalue weighted by molar-refractivity contribution is 0.174. The lowest BCUT2D eigenvalue weighted by atomic mass is 9.78. The lowest BCUT2D eigenvalue weighted by Gasteiger charge is -2.27. The van der Waals surface area contributed by atoms with Crippen LogP contribution in [0.5, 0.6) is 5.75 Å². The molecule has 126 valence electrons. The van der Waals surface area contributed by atoms with Crippen molar-refractivity contribution in [2.24, 2.45) is 0 Å². The summed E-state index contributed by atoms with van der Waals surface area (Å²) in [4.78, 5) is 4.36. The van der Waals surface area contributed by atoms with Crippen molar-refractivity contribution in [3.8, 4) is 17.2 Å². The van der Waals surface area contributed by atoms with Crippen molar-refractivity contribution in [3.63, 3.8) is 0 Å². The third-order valence-electron chi connectivity index (χ3n) is 3.71. The second kappa shape index (κ2) is 5.96. The van der Waals surface area contributed by atoms with E-state index >= 15 is 0 Å². The molecule has 1 N–H and O–H groups in total. The molecular weight excluding hydrogens is 292 g/mol. The van der Waals surface area contributed by atoms with Gasteiger partial charge < -0.3 is 14.4 Å². The number of hydrogen-bond acceptors (Lipinski definition) is 5. The van der Waals surface area contributed by atoms with Crippen molar-refractivity contribution in [1.82, 2.24) is 10.1 Å². The van der Waals surface area contributed by atoms with Crippen LogP contribution < -0.4 is 0 Å². The molecule has 2 rings (SSSR count). The van der Waals surface area contributed by atoms with Gasteiger partial charge in [0.2, 0.25) is 0 Å². The number of hydrogen-bond donors (Lipinski definition) is 1. The molecule has 0 spiro atoms. The van der Waals surface area contributed by atoms with Crippen LogP contribution in [0.1, 0.15) is 58.5 Å². The maximum absolute atomic E-state index is 10.7. The van der Waals surface area contributed by atoms with Gasteiger partial charge in [0.15, 0.2) is 5.82 Å². The molecule has 0 bridgehead atoms. The molecule has 5 nitrogen and oxygen atoms in total. The van der Waals surface area contributed by atoms with Crippen LogP contribution in [0.4, 0.5) is 0 Å². The Morgan fingerprint density at radius 2 is 1.57 bits per heavy atom. The Bertz CT molecular complexity index is 656. The number of nitrogens with zero attached hydrogens (tertiary/aromatic N) is 2. The zero-order valence-electron chi connectivity index (χ0n) is 15.0. The Balaban J connectivity index is 2.64. The van der Waals surface area contributed by atoms with Gasteiger partial charge in [-0.25, -0.2) is 0 Å². The van der Waals surface area contributed by atoms with Crippen LogP contribution in [-0.4, -0.2) is 22.4 Å². The highest BCUT2D eigenvalue weighted by Crippen LogP contribution is 2.41. The monoisotopic (exact) mass is 318 g/mol. The van der Waals surface area contributed by atoms with Crippen molar-refractivity contribution < 1.29 is 14.4 Å². The van der Waals surface area contributed by atoms with Crippen LogP contribution in [0, 0.1) is 0 Å². The van der Waals surface area contributed by atoms with Gasteiger partial charge in [-0.3, -0.25) is 0 Å². The fraction of sp³-hybridized carbons (Fsp3) is 0.556. The molecule has 0 atom stereocenters. The van der Waals surface area contributed by atoms with E-state index in [0.717, 1.165) is 16.7 Å². The first-order chi connectivity index (χ1) is 10.5. The number of aromatic hydroxyl groups is 1. The fourth-order valence-electron chi connectivity index (χ4n) is 2.46. The summed E-state index contributed by atoms with van der Waals surface area (Å²) in [5, 5.41) is 14.6. The summed E-state index contributed by atoms with van der Waals surface area (Å²) in [5.74, 6) is 1.28. The smallest absolute Gasteiger partial charge is 0.258 e. The standard InChI is InChI=1S/C18H26N2O3/c1-17(2,3)12-8-11(9-13(15(12)21)18(4,5)6)16-19-14(10-22-7)20-23-16/h8-9,21H,10H2,1-7H3. The molecule has 0 saturated heterocycles. The lowest BCUT2D eigenvalue weighted by Crippen LogP contribution is -2.17. The fourth-order valence-corrected chi connectivity index (χ4v) is 2.46. The first kappa shape index (κ1) is 17.5. The quantitative estimate of drug-likeness (QED) is 0.919. The van der Waals surface area contributed by atoms with Crippen LogP contribution in [0.15, 0.2) is 16.7 Å². The molecule has 0 saturated carbocycles. The van der Waals surface area contributed by atoms with Gasteiger partial charge >= 0.3 is 0 Å². The molecule has 0 unspecified atom stereocenters. The van der Waals surface area contributed by atoms with Gasteiger partial charge in [0.1, 0.15) is 12.4 Å². The molecule has 23 heavy (non-hydrogen) atoms. The summed E-state index contributed by atoms with van der Waals surface area (Å²) in [6, 6.07) is 3.85. The molecule has 1 heterocycles. The van der Waals surface area contributed by atoms with E-state index in [1.54, 1.807) is 7.11 Å². The predicted molar refractivity (Wildman–Crippen MR) is 89.5 cm³/mol. The van der Waals surface area contributed by atoms with Crippen LogP contribution in [-0.2, 0) is 22.2 Å². The van der Waals surface area contributed by atoms with E-state index < -0.39 is 0 Å². The summed E-state index contributed by atoms with van der Waals surface area (Å²) in [6.45, 7) is 12.7. The van der Waals surface area contributed by atoms with E-state index in [1.807, 2.05) is 12.1 Å². The normalized spacial score (nSPS) is 12.7. The van der Waals surface area contributed by atoms with E-state index in [0.29, 0.717) is 24.1 Å². The summed E-state index contributed by atoms with van der Waals surface area (Å²) in [7, 11) is 1.59. The van der Waals surface area contributed by atoms with Crippen molar-refractivity contribution in [1.29, 1.82) is 0 Å². The Kier molecular flexibility index (Phi) is 4.53. The van der Waals surface area contributed by atoms with Crippen LogP contribution >= 0.6 is 0 Å². The van der Waals surface area contributed by atoms with E-state index in [-0.39, 0.29) is 10.8 Å². The topological polar surface area (TPSA) is 68.4 Å². The average Bonchev–Trinajstić information content (AvgIpc) is 2.85. The summed E-state index contributed by atoms with van der Waals surface area (Å²) >= 11 is 0. The van der Waals surface area contributed by atoms with Crippen LogP contribution in [0.3, 0.4) is 0 Å². The van der Waals surface area contributed by atoms with E-state index in [9.17, 15) is 5.11 Å². The van der Waals surface area contributed by atoms with Gasteiger partial charge in [0, 0.05) is 23.8 Å². The third kappa shape index (κ3) is 3.72. The summed E-state index contributed by atoms with van der Waals surface area (Å²) in [6.07, 6.45) is 0. The first-order valence-electron chi connectivity index (χ1n) is 7.74. The highest BCUT2D eigenvalue weighted by molar-refractivity contribution is 5.62. The Hall–Kier alpha value is -1.88. The third-order valence-corrected chi connectivity index (χ3v) is 3.71. The van der Waals surface area contributed by atoms with Gasteiger partial charge in [0.25, 0.3) is 5.89 Å². The average molecular weight is 318 g/mol. The molecule has 5 heteroatoms. The second-order valence-corrected chi connectivity index (χ2v) is 7.87. The van der Waals surface area contributed by atoms with Gasteiger partial charge in [-0.2, -0.15) is 4.98 Å². The largest absolute Gasteiger partial charge is 0.507 e. The number of rotatable bonds is 3. The molecule has 0 fully saturated rings. The van der Waals surface area contributed by atoms with E-state index in [4.69, 9.17) is 9.26 Å². The second-order valence-electron chi connectivity index (χ2n) is 7.87. The molecule has 0 amide bonds. The number of aromatic nitrogens is 2. The van der Waals surface area contributed by atoms with Gasteiger partial charge in [0.05, 0.1) is 0 Å². The minimum absolute atomic E-state index is 0.199. The van der Waals surface area contributed by atoms with Crippen molar-refractivity contribution >= 4 is 0 Å². The zero-order valence-corrected chi connectivity index (χ0v) is 15.0. The molecule has 1 aromatic heterocycles. The SMILES string of the molecule is COCc1noc(-c2cc(C(C)(C)C)c(O)c(C(C)(C)C)c2)n1. The highest BCUT2D eigenvalue weighted by atomic mass is 16.5. The molecule has 0 radical (unpaired) electrons. The van der Waals surface area contributed by atoms with Crippen LogP contribution in [0.25, 0.3) is 11.5 Å². The number of phenolic OH excluding ortho intramolecular Hbond substituents is 1. The summed E-state index contributed by atoms with van der Waals surface area (Å²) in [5.41, 5.74) is 2.15. The first-order valence-corrected chi connectivity index (χ1v) is 7.74. The molecular formula is C18H26N2O3. The number of ether oxygens (including phenoxy) is 1. The zero-order chi connectivity index (χ0) is 17.4. The summed E-state index contributed by atoms with van der Waals surface area (Å²) < 4.78 is 10.4. The highest BCUT2D eigenvalue weighted by Gasteiger charge is 2.27. The van der Waals surface area contributed by atoms with Crippen molar-refractivity contribution in [2.45, 2.75) is 59.0 Å². The molecule has 1 aromatic carbocycles. The maximum Gasteiger partial charge on any atom is 0.258 e. The minimum atomic E-state index is -0.199.